The van der Waals surface area contributed by atoms with Crippen LogP contribution in [0.5, 0.6) is 5.75 Å². The molecular formula is C22H18N2O4. The molecule has 0 aliphatic rings. The van der Waals surface area contributed by atoms with Gasteiger partial charge >= 0.3 is 0 Å². The number of anilines is 1. The van der Waals surface area contributed by atoms with Gasteiger partial charge < -0.3 is 18.9 Å². The zero-order valence-electron chi connectivity index (χ0n) is 15.2. The summed E-state index contributed by atoms with van der Waals surface area (Å²) >= 11 is 0. The Bertz CT molecular complexity index is 1070. The van der Waals surface area contributed by atoms with E-state index >= 15 is 0 Å². The smallest absolute Gasteiger partial charge is 0.291 e. The van der Waals surface area contributed by atoms with Crippen molar-refractivity contribution >= 4 is 11.6 Å². The van der Waals surface area contributed by atoms with Crippen molar-refractivity contribution < 1.29 is 18.4 Å². The van der Waals surface area contributed by atoms with E-state index in [1.165, 1.54) is 6.26 Å². The van der Waals surface area contributed by atoms with E-state index in [-0.39, 0.29) is 18.3 Å². The molecule has 0 spiro atoms. The first-order valence-corrected chi connectivity index (χ1v) is 8.77. The second kappa shape index (κ2) is 7.84. The number of nitrogens with zero attached hydrogens (tertiary/aromatic N) is 1. The molecule has 0 aliphatic heterocycles. The maximum absolute atomic E-state index is 12.6. The Labute approximate surface area is 161 Å². The van der Waals surface area contributed by atoms with Gasteiger partial charge in [0, 0.05) is 23.7 Å². The number of hydrogen-bond acceptors (Lipinski definition) is 5. The molecule has 6 nitrogen and oxygen atoms in total. The molecule has 2 aromatic carbocycles. The van der Waals surface area contributed by atoms with E-state index in [4.69, 9.17) is 13.6 Å². The number of ether oxygens (including phenoxy) is 1. The van der Waals surface area contributed by atoms with E-state index < -0.39 is 0 Å². The lowest BCUT2D eigenvalue weighted by Gasteiger charge is -2.07. The SMILES string of the molecule is Cc1nc(-c2ccc(NC(=O)c3occc3COc3ccccc3)cc2)co1. The van der Waals surface area contributed by atoms with Gasteiger partial charge in [0.05, 0.1) is 6.26 Å². The van der Waals surface area contributed by atoms with Crippen molar-refractivity contribution in [2.24, 2.45) is 0 Å². The van der Waals surface area contributed by atoms with Gasteiger partial charge in [0.1, 0.15) is 24.3 Å². The predicted molar refractivity (Wildman–Crippen MR) is 104 cm³/mol. The lowest BCUT2D eigenvalue weighted by atomic mass is 10.1. The first kappa shape index (κ1) is 17.6. The van der Waals surface area contributed by atoms with Gasteiger partial charge in [0.25, 0.3) is 5.91 Å². The minimum Gasteiger partial charge on any atom is -0.489 e. The van der Waals surface area contributed by atoms with Crippen molar-refractivity contribution in [1.29, 1.82) is 0 Å². The van der Waals surface area contributed by atoms with Crippen LogP contribution >= 0.6 is 0 Å². The molecule has 0 unspecified atom stereocenters. The molecule has 1 N–H and O–H groups in total. The summed E-state index contributed by atoms with van der Waals surface area (Å²) in [4.78, 5) is 16.9. The zero-order chi connectivity index (χ0) is 19.3. The van der Waals surface area contributed by atoms with E-state index in [1.54, 1.807) is 31.4 Å². The molecule has 2 heterocycles. The Morgan fingerprint density at radius 3 is 2.54 bits per heavy atom. The van der Waals surface area contributed by atoms with Crippen molar-refractivity contribution in [1.82, 2.24) is 4.98 Å². The van der Waals surface area contributed by atoms with Gasteiger partial charge in [-0.3, -0.25) is 4.79 Å². The van der Waals surface area contributed by atoms with Crippen LogP contribution < -0.4 is 10.1 Å². The Hall–Kier alpha value is -3.80. The topological polar surface area (TPSA) is 77.5 Å². The van der Waals surface area contributed by atoms with E-state index in [1.807, 2.05) is 42.5 Å². The molecule has 0 atom stereocenters. The summed E-state index contributed by atoms with van der Waals surface area (Å²) in [6.07, 6.45) is 3.08. The number of para-hydroxylation sites is 1. The van der Waals surface area contributed by atoms with Gasteiger partial charge in [-0.25, -0.2) is 4.98 Å². The lowest BCUT2D eigenvalue weighted by Crippen LogP contribution is -2.13. The number of oxazole rings is 1. The molecule has 0 fully saturated rings. The van der Waals surface area contributed by atoms with Crippen molar-refractivity contribution in [3.8, 4) is 17.0 Å². The predicted octanol–water partition coefficient (Wildman–Crippen LogP) is 5.07. The summed E-state index contributed by atoms with van der Waals surface area (Å²) in [5.41, 5.74) is 2.99. The first-order valence-electron chi connectivity index (χ1n) is 8.77. The van der Waals surface area contributed by atoms with Crippen LogP contribution in [0.3, 0.4) is 0 Å². The number of carbonyl (C=O) groups excluding carboxylic acids is 1. The molecule has 0 saturated heterocycles. The number of nitrogens with one attached hydrogen (secondary N) is 1. The third kappa shape index (κ3) is 3.96. The minimum atomic E-state index is -0.332. The maximum atomic E-state index is 12.6. The second-order valence-corrected chi connectivity index (χ2v) is 6.16. The third-order valence-corrected chi connectivity index (χ3v) is 4.15. The summed E-state index contributed by atoms with van der Waals surface area (Å²) in [6, 6.07) is 18.5. The first-order chi connectivity index (χ1) is 13.7. The molecule has 2 aromatic heterocycles. The molecule has 28 heavy (non-hydrogen) atoms. The number of furan rings is 1. The summed E-state index contributed by atoms with van der Waals surface area (Å²) in [5.74, 6) is 1.23. The van der Waals surface area contributed by atoms with Crippen LogP contribution in [0.4, 0.5) is 5.69 Å². The average Bonchev–Trinajstić information content (AvgIpc) is 3.37. The molecular weight excluding hydrogens is 356 g/mol. The number of amides is 1. The molecule has 1 amide bonds. The Kier molecular flexibility index (Phi) is 4.93. The number of aryl methyl sites for hydroxylation is 1. The highest BCUT2D eigenvalue weighted by atomic mass is 16.5. The number of hydrogen-bond donors (Lipinski definition) is 1. The highest BCUT2D eigenvalue weighted by Crippen LogP contribution is 2.22. The summed E-state index contributed by atoms with van der Waals surface area (Å²) in [5, 5.41) is 2.83. The fourth-order valence-electron chi connectivity index (χ4n) is 2.73. The largest absolute Gasteiger partial charge is 0.489 e. The number of carbonyl (C=O) groups is 1. The quantitative estimate of drug-likeness (QED) is 0.509. The second-order valence-electron chi connectivity index (χ2n) is 6.16. The molecule has 0 aliphatic carbocycles. The Balaban J connectivity index is 1.42. The van der Waals surface area contributed by atoms with Crippen molar-refractivity contribution in [3.63, 3.8) is 0 Å². The van der Waals surface area contributed by atoms with Crippen LogP contribution in [0.15, 0.2) is 82.0 Å². The highest BCUT2D eigenvalue weighted by Gasteiger charge is 2.16. The number of aromatic nitrogens is 1. The zero-order valence-corrected chi connectivity index (χ0v) is 15.2. The van der Waals surface area contributed by atoms with Gasteiger partial charge in [-0.05, 0) is 30.3 Å². The fourth-order valence-corrected chi connectivity index (χ4v) is 2.73. The molecule has 0 radical (unpaired) electrons. The standard InChI is InChI=1S/C22H18N2O4/c1-15-23-20(14-27-15)16-7-9-18(10-8-16)24-22(25)21-17(11-12-26-21)13-28-19-5-3-2-4-6-19/h2-12,14H,13H2,1H3,(H,24,25). The molecule has 0 bridgehead atoms. The molecule has 4 aromatic rings. The van der Waals surface area contributed by atoms with Crippen LogP contribution in [0.25, 0.3) is 11.3 Å². The monoisotopic (exact) mass is 374 g/mol. The van der Waals surface area contributed by atoms with Crippen LogP contribution in [0, 0.1) is 6.92 Å². The van der Waals surface area contributed by atoms with Gasteiger partial charge in [-0.1, -0.05) is 30.3 Å². The Morgan fingerprint density at radius 2 is 1.82 bits per heavy atom. The van der Waals surface area contributed by atoms with E-state index in [0.29, 0.717) is 17.1 Å². The van der Waals surface area contributed by atoms with Crippen molar-refractivity contribution in [3.05, 3.63) is 90.4 Å². The average molecular weight is 374 g/mol. The Morgan fingerprint density at radius 1 is 1.04 bits per heavy atom. The van der Waals surface area contributed by atoms with Crippen molar-refractivity contribution in [2.45, 2.75) is 13.5 Å². The third-order valence-electron chi connectivity index (χ3n) is 4.15. The van der Waals surface area contributed by atoms with Gasteiger partial charge in [0.2, 0.25) is 0 Å². The van der Waals surface area contributed by atoms with Gasteiger partial charge in [-0.15, -0.1) is 0 Å². The fraction of sp³-hybridized carbons (Fsp3) is 0.0909. The van der Waals surface area contributed by atoms with Gasteiger partial charge in [0.15, 0.2) is 11.7 Å². The molecule has 6 heteroatoms. The van der Waals surface area contributed by atoms with E-state index in [2.05, 4.69) is 10.3 Å². The summed E-state index contributed by atoms with van der Waals surface area (Å²) in [6.45, 7) is 2.04. The summed E-state index contributed by atoms with van der Waals surface area (Å²) in [7, 11) is 0. The number of benzene rings is 2. The molecule has 0 saturated carbocycles. The van der Waals surface area contributed by atoms with Gasteiger partial charge in [-0.2, -0.15) is 0 Å². The van der Waals surface area contributed by atoms with Crippen LogP contribution in [-0.2, 0) is 6.61 Å². The minimum absolute atomic E-state index is 0.229. The van der Waals surface area contributed by atoms with Crippen molar-refractivity contribution in [2.75, 3.05) is 5.32 Å². The van der Waals surface area contributed by atoms with Crippen LogP contribution in [0.1, 0.15) is 22.0 Å². The lowest BCUT2D eigenvalue weighted by molar-refractivity contribution is 0.0993. The van der Waals surface area contributed by atoms with Crippen LogP contribution in [-0.4, -0.2) is 10.9 Å². The maximum Gasteiger partial charge on any atom is 0.291 e. The highest BCUT2D eigenvalue weighted by molar-refractivity contribution is 6.03. The summed E-state index contributed by atoms with van der Waals surface area (Å²) < 4.78 is 16.3. The normalized spacial score (nSPS) is 10.6. The van der Waals surface area contributed by atoms with E-state index in [9.17, 15) is 4.79 Å². The number of rotatable bonds is 6. The molecule has 140 valence electrons. The molecule has 4 rings (SSSR count). The van der Waals surface area contributed by atoms with Crippen LogP contribution in [0.2, 0.25) is 0 Å². The van der Waals surface area contributed by atoms with E-state index in [0.717, 1.165) is 17.0 Å².